The van der Waals surface area contributed by atoms with Crippen LogP contribution in [0.15, 0.2) is 121 Å². The summed E-state index contributed by atoms with van der Waals surface area (Å²) in [6.07, 6.45) is 0. The number of hydrazine groups is 1. The van der Waals surface area contributed by atoms with Gasteiger partial charge in [-0.25, -0.2) is 0 Å². The highest BCUT2D eigenvalue weighted by atomic mass is 16.3. The first-order chi connectivity index (χ1) is 14.7. The molecular weight excluding hydrogens is 372 g/mol. The molecule has 4 rings (SSSR count). The SMILES string of the molecule is O=C(NN(c1ccccc1)c1ccccc1)C(O)(c1ccccc1)c1ccccc1. The van der Waals surface area contributed by atoms with Crippen LogP contribution in [0.3, 0.4) is 0 Å². The highest BCUT2D eigenvalue weighted by molar-refractivity contribution is 5.92. The molecule has 4 heteroatoms. The fourth-order valence-corrected chi connectivity index (χ4v) is 3.40. The molecule has 0 fully saturated rings. The Morgan fingerprint density at radius 3 is 1.30 bits per heavy atom. The van der Waals surface area contributed by atoms with Crippen LogP contribution in [0.4, 0.5) is 11.4 Å². The standard InChI is InChI=1S/C26H22N2O2/c29-25(26(30,21-13-5-1-6-14-21)22-15-7-2-8-16-22)27-28(23-17-9-3-10-18-23)24-19-11-4-12-20-24/h1-20,30H,(H,27,29). The number of carbonyl (C=O) groups excluding carboxylic acids is 1. The molecule has 0 aromatic heterocycles. The van der Waals surface area contributed by atoms with E-state index in [0.717, 1.165) is 11.4 Å². The fourth-order valence-electron chi connectivity index (χ4n) is 3.40. The molecule has 0 unspecified atom stereocenters. The maximum atomic E-state index is 13.6. The van der Waals surface area contributed by atoms with Crippen molar-refractivity contribution >= 4 is 17.3 Å². The molecule has 0 heterocycles. The summed E-state index contributed by atoms with van der Waals surface area (Å²) in [7, 11) is 0. The van der Waals surface area contributed by atoms with Crippen molar-refractivity contribution in [1.82, 2.24) is 5.43 Å². The summed E-state index contributed by atoms with van der Waals surface area (Å²) < 4.78 is 0. The molecule has 0 bridgehead atoms. The van der Waals surface area contributed by atoms with E-state index in [1.807, 2.05) is 97.1 Å². The number of nitrogens with zero attached hydrogens (tertiary/aromatic N) is 1. The summed E-state index contributed by atoms with van der Waals surface area (Å²) >= 11 is 0. The number of nitrogens with one attached hydrogen (secondary N) is 1. The summed E-state index contributed by atoms with van der Waals surface area (Å²) in [6, 6.07) is 37.0. The number of benzene rings is 4. The van der Waals surface area contributed by atoms with Gasteiger partial charge < -0.3 is 5.11 Å². The van der Waals surface area contributed by atoms with Crippen LogP contribution in [-0.4, -0.2) is 11.0 Å². The maximum Gasteiger partial charge on any atom is 0.280 e. The van der Waals surface area contributed by atoms with Crippen molar-refractivity contribution in [2.24, 2.45) is 0 Å². The molecule has 0 aliphatic carbocycles. The van der Waals surface area contributed by atoms with Crippen LogP contribution in [0, 0.1) is 0 Å². The Morgan fingerprint density at radius 1 is 0.600 bits per heavy atom. The van der Waals surface area contributed by atoms with Crippen LogP contribution in [0.5, 0.6) is 0 Å². The predicted octanol–water partition coefficient (Wildman–Crippen LogP) is 4.79. The number of aliphatic hydroxyl groups is 1. The number of rotatable bonds is 6. The average molecular weight is 394 g/mol. The van der Waals surface area contributed by atoms with E-state index < -0.39 is 11.5 Å². The first-order valence-corrected chi connectivity index (χ1v) is 9.74. The molecule has 1 amide bonds. The van der Waals surface area contributed by atoms with Crippen LogP contribution in [0.2, 0.25) is 0 Å². The Kier molecular flexibility index (Phi) is 5.59. The summed E-state index contributed by atoms with van der Waals surface area (Å²) in [5, 5.41) is 13.4. The second-order valence-corrected chi connectivity index (χ2v) is 6.89. The van der Waals surface area contributed by atoms with Gasteiger partial charge in [0.1, 0.15) is 0 Å². The van der Waals surface area contributed by atoms with Crippen molar-refractivity contribution in [3.63, 3.8) is 0 Å². The lowest BCUT2D eigenvalue weighted by atomic mass is 9.85. The third-order valence-corrected chi connectivity index (χ3v) is 4.95. The Balaban J connectivity index is 1.77. The van der Waals surface area contributed by atoms with Crippen LogP contribution < -0.4 is 10.4 Å². The lowest BCUT2D eigenvalue weighted by Gasteiger charge is -2.33. The zero-order valence-electron chi connectivity index (χ0n) is 16.3. The lowest BCUT2D eigenvalue weighted by Crippen LogP contribution is -2.51. The molecule has 4 aromatic carbocycles. The second-order valence-electron chi connectivity index (χ2n) is 6.89. The van der Waals surface area contributed by atoms with Gasteiger partial charge in [-0.1, -0.05) is 97.1 Å². The van der Waals surface area contributed by atoms with Gasteiger partial charge in [-0.2, -0.15) is 0 Å². The first-order valence-electron chi connectivity index (χ1n) is 9.74. The van der Waals surface area contributed by atoms with Gasteiger partial charge in [0, 0.05) is 0 Å². The second kappa shape index (κ2) is 8.64. The normalized spacial score (nSPS) is 11.0. The molecule has 0 spiro atoms. The van der Waals surface area contributed by atoms with Gasteiger partial charge in [-0.15, -0.1) is 0 Å². The molecule has 2 N–H and O–H groups in total. The summed E-state index contributed by atoms with van der Waals surface area (Å²) in [5.41, 5.74) is 3.62. The van der Waals surface area contributed by atoms with Crippen LogP contribution in [0.1, 0.15) is 11.1 Å². The summed E-state index contributed by atoms with van der Waals surface area (Å²) in [6.45, 7) is 0. The van der Waals surface area contributed by atoms with Gasteiger partial charge in [0.2, 0.25) is 0 Å². The Bertz CT molecular complexity index is 1010. The van der Waals surface area contributed by atoms with Crippen LogP contribution in [-0.2, 0) is 10.4 Å². The lowest BCUT2D eigenvalue weighted by molar-refractivity contribution is -0.136. The van der Waals surface area contributed by atoms with Gasteiger partial charge in [-0.05, 0) is 35.4 Å². The minimum absolute atomic E-state index is 0.495. The van der Waals surface area contributed by atoms with E-state index in [0.29, 0.717) is 11.1 Å². The monoisotopic (exact) mass is 394 g/mol. The molecule has 4 aromatic rings. The van der Waals surface area contributed by atoms with E-state index in [-0.39, 0.29) is 0 Å². The summed E-state index contributed by atoms with van der Waals surface area (Å²) in [4.78, 5) is 13.6. The Hall–Kier alpha value is -3.89. The van der Waals surface area contributed by atoms with Crippen molar-refractivity contribution in [2.45, 2.75) is 5.60 Å². The van der Waals surface area contributed by atoms with E-state index in [1.165, 1.54) is 0 Å². The summed E-state index contributed by atoms with van der Waals surface area (Å²) in [5.74, 6) is -0.549. The van der Waals surface area contributed by atoms with Crippen LogP contribution >= 0.6 is 0 Å². The van der Waals surface area contributed by atoms with Crippen molar-refractivity contribution in [3.8, 4) is 0 Å². The van der Waals surface area contributed by atoms with Gasteiger partial charge >= 0.3 is 0 Å². The van der Waals surface area contributed by atoms with E-state index in [4.69, 9.17) is 0 Å². The number of amides is 1. The minimum Gasteiger partial charge on any atom is -0.372 e. The molecule has 4 nitrogen and oxygen atoms in total. The van der Waals surface area contributed by atoms with E-state index in [2.05, 4.69) is 5.43 Å². The minimum atomic E-state index is -1.86. The van der Waals surface area contributed by atoms with E-state index in [1.54, 1.807) is 29.3 Å². The van der Waals surface area contributed by atoms with Gasteiger partial charge in [0.25, 0.3) is 5.91 Å². The molecule has 0 aliphatic rings. The van der Waals surface area contributed by atoms with Crippen molar-refractivity contribution < 1.29 is 9.90 Å². The third-order valence-electron chi connectivity index (χ3n) is 4.95. The number of para-hydroxylation sites is 2. The van der Waals surface area contributed by atoms with Crippen molar-refractivity contribution in [1.29, 1.82) is 0 Å². The highest BCUT2D eigenvalue weighted by Crippen LogP contribution is 2.31. The van der Waals surface area contributed by atoms with Crippen molar-refractivity contribution in [2.75, 3.05) is 5.01 Å². The smallest absolute Gasteiger partial charge is 0.280 e. The number of hydrogen-bond donors (Lipinski definition) is 2. The van der Waals surface area contributed by atoms with E-state index >= 15 is 0 Å². The largest absolute Gasteiger partial charge is 0.372 e. The molecule has 0 atom stereocenters. The first kappa shape index (κ1) is 19.4. The molecule has 0 aliphatic heterocycles. The third kappa shape index (κ3) is 3.81. The van der Waals surface area contributed by atoms with Gasteiger partial charge in [0.05, 0.1) is 11.4 Å². The Labute approximate surface area is 176 Å². The molecule has 0 radical (unpaired) electrons. The maximum absolute atomic E-state index is 13.6. The fraction of sp³-hybridized carbons (Fsp3) is 0.0385. The highest BCUT2D eigenvalue weighted by Gasteiger charge is 2.40. The average Bonchev–Trinajstić information content (AvgIpc) is 2.84. The zero-order chi connectivity index (χ0) is 20.8. The molecule has 148 valence electrons. The van der Waals surface area contributed by atoms with E-state index in [9.17, 15) is 9.90 Å². The quantitative estimate of drug-likeness (QED) is 0.462. The molecular formula is C26H22N2O2. The molecule has 0 saturated heterocycles. The van der Waals surface area contributed by atoms with Gasteiger partial charge in [-0.3, -0.25) is 15.2 Å². The van der Waals surface area contributed by atoms with Gasteiger partial charge in [0.15, 0.2) is 5.60 Å². The molecule has 0 saturated carbocycles. The Morgan fingerprint density at radius 2 is 0.933 bits per heavy atom. The zero-order valence-corrected chi connectivity index (χ0v) is 16.3. The number of anilines is 2. The topological polar surface area (TPSA) is 52.6 Å². The van der Waals surface area contributed by atoms with Crippen molar-refractivity contribution in [3.05, 3.63) is 132 Å². The number of hydrogen-bond acceptors (Lipinski definition) is 3. The number of carbonyl (C=O) groups is 1. The molecule has 30 heavy (non-hydrogen) atoms. The predicted molar refractivity (Wildman–Crippen MR) is 119 cm³/mol. The van der Waals surface area contributed by atoms with Crippen LogP contribution in [0.25, 0.3) is 0 Å².